The summed E-state index contributed by atoms with van der Waals surface area (Å²) in [6.07, 6.45) is 0. The zero-order chi connectivity index (χ0) is 21.4. The maximum atomic E-state index is 12.9. The van der Waals surface area contributed by atoms with Gasteiger partial charge in [-0.25, -0.2) is 4.98 Å². The van der Waals surface area contributed by atoms with Crippen molar-refractivity contribution in [2.45, 2.75) is 6.54 Å². The van der Waals surface area contributed by atoms with Gasteiger partial charge in [-0.3, -0.25) is 9.59 Å². The number of pyridine rings is 1. The van der Waals surface area contributed by atoms with E-state index < -0.39 is 0 Å². The minimum atomic E-state index is -0.212. The van der Waals surface area contributed by atoms with Gasteiger partial charge in [0.1, 0.15) is 6.54 Å². The summed E-state index contributed by atoms with van der Waals surface area (Å²) < 4.78 is 1.87. The van der Waals surface area contributed by atoms with E-state index in [1.54, 1.807) is 24.3 Å². The van der Waals surface area contributed by atoms with Crippen LogP contribution in [0, 0.1) is 0 Å². The lowest BCUT2D eigenvalue weighted by molar-refractivity contribution is -0.116. The second-order valence-electron chi connectivity index (χ2n) is 7.04. The molecule has 0 unspecified atom stereocenters. The number of aromatic nitrogens is 2. The summed E-state index contributed by atoms with van der Waals surface area (Å²) in [5.41, 5.74) is 3.12. The first-order valence-electron chi connectivity index (χ1n) is 9.62. The molecule has 0 aliphatic carbocycles. The van der Waals surface area contributed by atoms with E-state index in [1.807, 2.05) is 58.5 Å². The second-order valence-corrected chi connectivity index (χ2v) is 8.34. The Labute approximate surface area is 186 Å². The minimum absolute atomic E-state index is 0.0320. The average Bonchev–Trinajstić information content (AvgIpc) is 3.25. The number of thiazole rings is 1. The van der Waals surface area contributed by atoms with Gasteiger partial charge in [0.15, 0.2) is 10.6 Å². The van der Waals surface area contributed by atoms with Crippen LogP contribution in [0.25, 0.3) is 33.1 Å². The standard InChI is InChI=1S/C24H16ClN3O2S/c25-16-11-9-15(10-12-16)19-14-31-24(26-19)27-22(29)13-28-20-7-3-1-5-17(20)23(30)18-6-2-4-8-21(18)28/h1-12,14H,13H2,(H,26,27,29). The van der Waals surface area contributed by atoms with Gasteiger partial charge >= 0.3 is 0 Å². The number of para-hydroxylation sites is 2. The van der Waals surface area contributed by atoms with E-state index >= 15 is 0 Å². The van der Waals surface area contributed by atoms with Crippen molar-refractivity contribution < 1.29 is 4.79 Å². The van der Waals surface area contributed by atoms with E-state index in [4.69, 9.17) is 11.6 Å². The van der Waals surface area contributed by atoms with Gasteiger partial charge < -0.3 is 9.88 Å². The molecule has 0 atom stereocenters. The molecule has 0 bridgehead atoms. The van der Waals surface area contributed by atoms with Crippen LogP contribution in [0.2, 0.25) is 5.02 Å². The van der Waals surface area contributed by atoms with Crippen LogP contribution in [-0.2, 0) is 11.3 Å². The van der Waals surface area contributed by atoms with E-state index in [0.717, 1.165) is 22.3 Å². The molecule has 31 heavy (non-hydrogen) atoms. The normalized spacial score (nSPS) is 11.1. The molecule has 2 heterocycles. The SMILES string of the molecule is O=C(Cn1c2ccccc2c(=O)c2ccccc21)Nc1nc(-c2ccc(Cl)cc2)cs1. The molecule has 7 heteroatoms. The van der Waals surface area contributed by atoms with Crippen molar-refractivity contribution in [2.24, 2.45) is 0 Å². The van der Waals surface area contributed by atoms with Crippen LogP contribution in [0.5, 0.6) is 0 Å². The molecule has 3 aromatic carbocycles. The summed E-state index contributed by atoms with van der Waals surface area (Å²) in [4.78, 5) is 30.2. The van der Waals surface area contributed by atoms with Crippen molar-refractivity contribution in [3.63, 3.8) is 0 Å². The fourth-order valence-corrected chi connectivity index (χ4v) is 4.50. The van der Waals surface area contributed by atoms with Crippen molar-refractivity contribution in [3.05, 3.63) is 93.4 Å². The first-order valence-corrected chi connectivity index (χ1v) is 10.9. The predicted molar refractivity (Wildman–Crippen MR) is 127 cm³/mol. The molecule has 0 fully saturated rings. The first-order chi connectivity index (χ1) is 15.1. The molecule has 1 amide bonds. The van der Waals surface area contributed by atoms with Crippen LogP contribution >= 0.6 is 22.9 Å². The summed E-state index contributed by atoms with van der Waals surface area (Å²) in [5, 5.41) is 7.13. The average molecular weight is 446 g/mol. The highest BCUT2D eigenvalue weighted by atomic mass is 35.5. The van der Waals surface area contributed by atoms with Gasteiger partial charge in [0.2, 0.25) is 5.91 Å². The molecule has 0 spiro atoms. The zero-order valence-electron chi connectivity index (χ0n) is 16.2. The van der Waals surface area contributed by atoms with Crippen molar-refractivity contribution in [2.75, 3.05) is 5.32 Å². The van der Waals surface area contributed by atoms with E-state index in [1.165, 1.54) is 11.3 Å². The van der Waals surface area contributed by atoms with Gasteiger partial charge in [-0.2, -0.15) is 0 Å². The van der Waals surface area contributed by atoms with Crippen molar-refractivity contribution >= 4 is 55.8 Å². The molecule has 0 saturated heterocycles. The number of fused-ring (bicyclic) bond motifs is 2. The third-order valence-electron chi connectivity index (χ3n) is 5.07. The topological polar surface area (TPSA) is 64.0 Å². The fraction of sp³-hybridized carbons (Fsp3) is 0.0417. The molecule has 0 aliphatic rings. The number of nitrogens with zero attached hydrogens (tertiary/aromatic N) is 2. The number of carbonyl (C=O) groups is 1. The molecular weight excluding hydrogens is 430 g/mol. The molecular formula is C24H16ClN3O2S. The quantitative estimate of drug-likeness (QED) is 0.368. The Morgan fingerprint density at radius 2 is 1.55 bits per heavy atom. The van der Waals surface area contributed by atoms with Gasteiger partial charge in [-0.15, -0.1) is 11.3 Å². The number of benzene rings is 3. The second kappa shape index (κ2) is 7.98. The zero-order valence-corrected chi connectivity index (χ0v) is 17.8. The van der Waals surface area contributed by atoms with Crippen molar-refractivity contribution in [1.29, 1.82) is 0 Å². The van der Waals surface area contributed by atoms with Gasteiger partial charge in [0.05, 0.1) is 16.7 Å². The highest BCUT2D eigenvalue weighted by Gasteiger charge is 2.14. The molecule has 5 nitrogen and oxygen atoms in total. The Hall–Kier alpha value is -3.48. The number of hydrogen-bond donors (Lipinski definition) is 1. The number of nitrogens with one attached hydrogen (secondary N) is 1. The maximum absolute atomic E-state index is 12.9. The van der Waals surface area contributed by atoms with E-state index in [0.29, 0.717) is 20.9 Å². The van der Waals surface area contributed by atoms with Crippen LogP contribution in [0.4, 0.5) is 5.13 Å². The Morgan fingerprint density at radius 3 is 2.19 bits per heavy atom. The predicted octanol–water partition coefficient (Wildman–Crippen LogP) is 5.57. The third-order valence-corrected chi connectivity index (χ3v) is 6.08. The summed E-state index contributed by atoms with van der Waals surface area (Å²) >= 11 is 7.31. The van der Waals surface area contributed by atoms with Crippen LogP contribution in [0.15, 0.2) is 83.0 Å². The maximum Gasteiger partial charge on any atom is 0.246 e. The first kappa shape index (κ1) is 19.5. The lowest BCUT2D eigenvalue weighted by atomic mass is 10.1. The molecule has 5 rings (SSSR count). The highest BCUT2D eigenvalue weighted by molar-refractivity contribution is 7.14. The number of carbonyl (C=O) groups excluding carboxylic acids is 1. The summed E-state index contributed by atoms with van der Waals surface area (Å²) in [5.74, 6) is -0.212. The lowest BCUT2D eigenvalue weighted by Gasteiger charge is -2.14. The summed E-state index contributed by atoms with van der Waals surface area (Å²) in [6.45, 7) is 0.0666. The monoisotopic (exact) mass is 445 g/mol. The fourth-order valence-electron chi connectivity index (χ4n) is 3.63. The third kappa shape index (κ3) is 3.71. The van der Waals surface area contributed by atoms with Crippen LogP contribution in [-0.4, -0.2) is 15.5 Å². The van der Waals surface area contributed by atoms with Crippen LogP contribution in [0.3, 0.4) is 0 Å². The smallest absolute Gasteiger partial charge is 0.246 e. The van der Waals surface area contributed by atoms with Crippen LogP contribution < -0.4 is 10.7 Å². The van der Waals surface area contributed by atoms with Gasteiger partial charge in [0, 0.05) is 26.7 Å². The van der Waals surface area contributed by atoms with E-state index in [9.17, 15) is 9.59 Å². The number of halogens is 1. The Morgan fingerprint density at radius 1 is 0.935 bits per heavy atom. The molecule has 0 aliphatic heterocycles. The Kier molecular flexibility index (Phi) is 5.02. The minimum Gasteiger partial charge on any atom is -0.331 e. The Balaban J connectivity index is 1.46. The lowest BCUT2D eigenvalue weighted by Crippen LogP contribution is -2.21. The van der Waals surface area contributed by atoms with Gasteiger partial charge in [-0.1, -0.05) is 48.0 Å². The summed E-state index contributed by atoms with van der Waals surface area (Å²) in [6, 6.07) is 22.1. The summed E-state index contributed by atoms with van der Waals surface area (Å²) in [7, 11) is 0. The van der Waals surface area contributed by atoms with Gasteiger partial charge in [0.25, 0.3) is 0 Å². The molecule has 5 aromatic rings. The van der Waals surface area contributed by atoms with Crippen molar-refractivity contribution in [3.8, 4) is 11.3 Å². The molecule has 2 aromatic heterocycles. The molecule has 0 saturated carbocycles. The molecule has 152 valence electrons. The molecule has 0 radical (unpaired) electrons. The van der Waals surface area contributed by atoms with Crippen LogP contribution in [0.1, 0.15) is 0 Å². The van der Waals surface area contributed by atoms with E-state index in [2.05, 4.69) is 10.3 Å². The van der Waals surface area contributed by atoms with E-state index in [-0.39, 0.29) is 17.9 Å². The van der Waals surface area contributed by atoms with Crippen molar-refractivity contribution in [1.82, 2.24) is 9.55 Å². The highest BCUT2D eigenvalue weighted by Crippen LogP contribution is 2.26. The Bertz CT molecular complexity index is 1430. The number of rotatable bonds is 4. The number of amides is 1. The largest absolute Gasteiger partial charge is 0.331 e. The molecule has 1 N–H and O–H groups in total. The number of anilines is 1. The number of hydrogen-bond acceptors (Lipinski definition) is 4. The van der Waals surface area contributed by atoms with Gasteiger partial charge in [-0.05, 0) is 36.4 Å².